The first-order chi connectivity index (χ1) is 12.0. The number of amides is 1. The van der Waals surface area contributed by atoms with E-state index in [2.05, 4.69) is 0 Å². The molecule has 1 aliphatic carbocycles. The first kappa shape index (κ1) is 19.7. The Balaban J connectivity index is 1.99. The van der Waals surface area contributed by atoms with E-state index in [1.54, 1.807) is 11.8 Å². The van der Waals surface area contributed by atoms with Crippen molar-refractivity contribution in [2.24, 2.45) is 11.8 Å². The Kier molecular flexibility index (Phi) is 7.26. The Hall–Kier alpha value is -1.59. The number of benzene rings is 1. The van der Waals surface area contributed by atoms with E-state index in [0.717, 1.165) is 12.0 Å². The molecule has 0 heterocycles. The van der Waals surface area contributed by atoms with Crippen LogP contribution in [0.3, 0.4) is 0 Å². The van der Waals surface area contributed by atoms with Crippen LogP contribution in [0.5, 0.6) is 0 Å². The zero-order valence-corrected chi connectivity index (χ0v) is 15.5. The third-order valence-corrected chi connectivity index (χ3v) is 4.90. The average Bonchev–Trinajstić information content (AvgIpc) is 3.37. The second-order valence-corrected chi connectivity index (χ2v) is 6.95. The van der Waals surface area contributed by atoms with Crippen molar-refractivity contribution in [3.63, 3.8) is 0 Å². The van der Waals surface area contributed by atoms with E-state index in [0.29, 0.717) is 31.2 Å². The summed E-state index contributed by atoms with van der Waals surface area (Å²) in [5.41, 5.74) is 1.00. The Morgan fingerprint density at radius 3 is 2.76 bits per heavy atom. The maximum absolute atomic E-state index is 12.9. The lowest BCUT2D eigenvalue weighted by Gasteiger charge is -2.25. The van der Waals surface area contributed by atoms with Crippen LogP contribution in [0, 0.1) is 11.8 Å². The fourth-order valence-corrected chi connectivity index (χ4v) is 3.30. The average molecular weight is 368 g/mol. The molecule has 5 nitrogen and oxygen atoms in total. The predicted molar refractivity (Wildman–Crippen MR) is 96.8 cm³/mol. The van der Waals surface area contributed by atoms with Crippen LogP contribution in [0.2, 0.25) is 5.02 Å². The maximum Gasteiger partial charge on any atom is 0.308 e. The van der Waals surface area contributed by atoms with Crippen molar-refractivity contribution in [3.8, 4) is 0 Å². The molecule has 1 fully saturated rings. The highest BCUT2D eigenvalue weighted by atomic mass is 35.5. The van der Waals surface area contributed by atoms with Crippen LogP contribution in [-0.4, -0.2) is 48.2 Å². The van der Waals surface area contributed by atoms with Gasteiger partial charge in [0.15, 0.2) is 0 Å². The molecular formula is C19H26ClNO4. The highest BCUT2D eigenvalue weighted by molar-refractivity contribution is 6.31. The molecule has 0 radical (unpaired) electrons. The first-order valence-electron chi connectivity index (χ1n) is 8.79. The van der Waals surface area contributed by atoms with Gasteiger partial charge >= 0.3 is 5.97 Å². The topological polar surface area (TPSA) is 66.8 Å². The minimum Gasteiger partial charge on any atom is -0.481 e. The molecule has 0 spiro atoms. The zero-order valence-electron chi connectivity index (χ0n) is 14.8. The number of ether oxygens (including phenoxy) is 1. The van der Waals surface area contributed by atoms with Crippen LogP contribution in [0.25, 0.3) is 0 Å². The van der Waals surface area contributed by atoms with E-state index in [9.17, 15) is 9.59 Å². The molecule has 0 saturated heterocycles. The van der Waals surface area contributed by atoms with Gasteiger partial charge in [-0.05, 0) is 37.3 Å². The van der Waals surface area contributed by atoms with Crippen molar-refractivity contribution in [1.29, 1.82) is 0 Å². The lowest BCUT2D eigenvalue weighted by Crippen LogP contribution is -2.39. The predicted octanol–water partition coefficient (Wildman–Crippen LogP) is 3.42. The van der Waals surface area contributed by atoms with Crippen molar-refractivity contribution in [3.05, 3.63) is 34.9 Å². The van der Waals surface area contributed by atoms with Gasteiger partial charge in [0, 0.05) is 37.2 Å². The molecule has 1 saturated carbocycles. The summed E-state index contributed by atoms with van der Waals surface area (Å²) in [5, 5.41) is 9.85. The molecule has 138 valence electrons. The smallest absolute Gasteiger partial charge is 0.308 e. The van der Waals surface area contributed by atoms with E-state index in [4.69, 9.17) is 21.4 Å². The Labute approximate surface area is 153 Å². The number of carbonyl (C=O) groups excluding carboxylic acids is 1. The lowest BCUT2D eigenvalue weighted by atomic mass is 10.1. The molecule has 0 bridgehead atoms. The molecule has 3 unspecified atom stereocenters. The fourth-order valence-electron chi connectivity index (χ4n) is 3.02. The number of rotatable bonds is 10. The number of carboxylic acid groups (broad SMARTS) is 1. The van der Waals surface area contributed by atoms with Crippen LogP contribution in [0.15, 0.2) is 24.3 Å². The molecule has 1 aromatic carbocycles. The molecule has 0 aliphatic heterocycles. The van der Waals surface area contributed by atoms with Crippen molar-refractivity contribution < 1.29 is 19.4 Å². The third-order valence-electron chi connectivity index (χ3n) is 4.56. The number of carboxylic acids is 1. The lowest BCUT2D eigenvalue weighted by molar-refractivity contribution is -0.143. The van der Waals surface area contributed by atoms with E-state index in [-0.39, 0.29) is 24.3 Å². The summed E-state index contributed by atoms with van der Waals surface area (Å²) in [6.45, 7) is 5.50. The summed E-state index contributed by atoms with van der Waals surface area (Å²) in [4.78, 5) is 25.7. The van der Waals surface area contributed by atoms with Crippen LogP contribution in [-0.2, 0) is 14.3 Å². The van der Waals surface area contributed by atoms with E-state index in [1.807, 2.05) is 31.2 Å². The van der Waals surface area contributed by atoms with Gasteiger partial charge in [-0.2, -0.15) is 0 Å². The second-order valence-electron chi connectivity index (χ2n) is 6.54. The van der Waals surface area contributed by atoms with Gasteiger partial charge in [-0.25, -0.2) is 0 Å². The molecule has 25 heavy (non-hydrogen) atoms. The summed E-state index contributed by atoms with van der Waals surface area (Å²) in [6, 6.07) is 7.59. The summed E-state index contributed by atoms with van der Waals surface area (Å²) >= 11 is 6.23. The Morgan fingerprint density at radius 1 is 1.40 bits per heavy atom. The minimum atomic E-state index is -0.888. The number of hydrogen-bond donors (Lipinski definition) is 1. The maximum atomic E-state index is 12.9. The summed E-state index contributed by atoms with van der Waals surface area (Å²) < 4.78 is 5.33. The van der Waals surface area contributed by atoms with Crippen molar-refractivity contribution >= 4 is 23.5 Å². The number of nitrogens with zero attached hydrogens (tertiary/aromatic N) is 1. The minimum absolute atomic E-state index is 0.0227. The molecule has 0 aromatic heterocycles. The molecule has 1 aliphatic rings. The Bertz CT molecular complexity index is 607. The number of aliphatic carboxylic acids is 1. The number of halogens is 1. The summed E-state index contributed by atoms with van der Waals surface area (Å²) in [6.07, 6.45) is 1.47. The molecule has 1 amide bonds. The molecule has 1 N–H and O–H groups in total. The molecule has 2 rings (SSSR count). The van der Waals surface area contributed by atoms with Crippen molar-refractivity contribution in [2.45, 2.75) is 32.6 Å². The first-order valence-corrected chi connectivity index (χ1v) is 9.17. The monoisotopic (exact) mass is 367 g/mol. The van der Waals surface area contributed by atoms with Gasteiger partial charge < -0.3 is 14.7 Å². The third kappa shape index (κ3) is 5.44. The SMILES string of the molecule is CCOCCCN(CC(C)C(=O)O)C(=O)C1CC1c1ccccc1Cl. The number of hydrogen-bond acceptors (Lipinski definition) is 3. The van der Waals surface area contributed by atoms with Gasteiger partial charge in [0.1, 0.15) is 0 Å². The quantitative estimate of drug-likeness (QED) is 0.643. The van der Waals surface area contributed by atoms with Gasteiger partial charge in [0.05, 0.1) is 5.92 Å². The van der Waals surface area contributed by atoms with Gasteiger partial charge in [-0.1, -0.05) is 36.7 Å². The van der Waals surface area contributed by atoms with Crippen molar-refractivity contribution in [2.75, 3.05) is 26.3 Å². The molecule has 3 atom stereocenters. The van der Waals surface area contributed by atoms with Crippen LogP contribution < -0.4 is 0 Å². The van der Waals surface area contributed by atoms with E-state index < -0.39 is 11.9 Å². The standard InChI is InChI=1S/C19H26ClNO4/c1-3-25-10-6-9-21(12-13(2)19(23)24)18(22)16-11-15(16)14-7-4-5-8-17(14)20/h4-5,7-8,13,15-16H,3,6,9-12H2,1-2H3,(H,23,24). The second kappa shape index (κ2) is 9.20. The normalized spacial score (nSPS) is 20.1. The van der Waals surface area contributed by atoms with E-state index >= 15 is 0 Å². The highest BCUT2D eigenvalue weighted by Gasteiger charge is 2.46. The van der Waals surface area contributed by atoms with Gasteiger partial charge in [-0.15, -0.1) is 0 Å². The van der Waals surface area contributed by atoms with Crippen LogP contribution >= 0.6 is 11.6 Å². The molecule has 1 aromatic rings. The van der Waals surface area contributed by atoms with Crippen LogP contribution in [0.1, 0.15) is 38.2 Å². The van der Waals surface area contributed by atoms with Gasteiger partial charge in [0.25, 0.3) is 0 Å². The zero-order chi connectivity index (χ0) is 18.4. The molecule has 6 heteroatoms. The van der Waals surface area contributed by atoms with E-state index in [1.165, 1.54) is 0 Å². The van der Waals surface area contributed by atoms with Gasteiger partial charge in [-0.3, -0.25) is 9.59 Å². The Morgan fingerprint density at radius 2 is 2.12 bits per heavy atom. The highest BCUT2D eigenvalue weighted by Crippen LogP contribution is 2.50. The van der Waals surface area contributed by atoms with Crippen LogP contribution in [0.4, 0.5) is 0 Å². The largest absolute Gasteiger partial charge is 0.481 e. The summed E-state index contributed by atoms with van der Waals surface area (Å²) in [5.74, 6) is -1.42. The number of carbonyl (C=O) groups is 2. The summed E-state index contributed by atoms with van der Waals surface area (Å²) in [7, 11) is 0. The van der Waals surface area contributed by atoms with Gasteiger partial charge in [0.2, 0.25) is 5.91 Å². The molecular weight excluding hydrogens is 342 g/mol. The fraction of sp³-hybridized carbons (Fsp3) is 0.579. The van der Waals surface area contributed by atoms with Crippen molar-refractivity contribution in [1.82, 2.24) is 4.90 Å².